The van der Waals surface area contributed by atoms with Crippen LogP contribution in [-0.4, -0.2) is 41.9 Å². The van der Waals surface area contributed by atoms with Gasteiger partial charge in [-0.1, -0.05) is 12.1 Å². The summed E-state index contributed by atoms with van der Waals surface area (Å²) in [7, 11) is 1.18. The van der Waals surface area contributed by atoms with E-state index in [4.69, 9.17) is 14.2 Å². The molecule has 0 spiro atoms. The van der Waals surface area contributed by atoms with Crippen molar-refractivity contribution < 1.29 is 27.4 Å². The minimum Gasteiger partial charge on any atom is -0.493 e. The van der Waals surface area contributed by atoms with Gasteiger partial charge in [-0.25, -0.2) is 8.42 Å². The van der Waals surface area contributed by atoms with Crippen LogP contribution in [0.25, 0.3) is 0 Å². The normalized spacial score (nSPS) is 12.2. The molecular formula is C19H23NO6S. The molecule has 0 aromatic heterocycles. The Balaban J connectivity index is 2.23. The van der Waals surface area contributed by atoms with E-state index in [0.29, 0.717) is 22.8 Å². The summed E-state index contributed by atoms with van der Waals surface area (Å²) in [6.07, 6.45) is 1.15. The van der Waals surface area contributed by atoms with Crippen molar-refractivity contribution in [1.29, 1.82) is 0 Å². The topological polar surface area (TPSA) is 90.9 Å². The van der Waals surface area contributed by atoms with Crippen molar-refractivity contribution in [3.05, 3.63) is 47.5 Å². The first-order chi connectivity index (χ1) is 12.7. The maximum Gasteiger partial charge on any atom is 0.252 e. The lowest BCUT2D eigenvalue weighted by Crippen LogP contribution is -2.26. The predicted molar refractivity (Wildman–Crippen MR) is 102 cm³/mol. The number of methoxy groups -OCH3 is 3. The summed E-state index contributed by atoms with van der Waals surface area (Å²) >= 11 is 0. The van der Waals surface area contributed by atoms with Crippen LogP contribution in [0.5, 0.6) is 17.2 Å². The molecule has 146 valence electrons. The number of benzene rings is 2. The largest absolute Gasteiger partial charge is 0.493 e. The molecule has 0 fully saturated rings. The van der Waals surface area contributed by atoms with Crippen molar-refractivity contribution >= 4 is 15.7 Å². The number of nitrogens with one attached hydrogen (secondary N) is 1. The van der Waals surface area contributed by atoms with Crippen LogP contribution in [0.15, 0.2) is 41.3 Å². The molecule has 0 aliphatic carbocycles. The number of hydrogen-bond donors (Lipinski definition) is 1. The Hall–Kier alpha value is -2.74. The summed E-state index contributed by atoms with van der Waals surface area (Å²) in [5, 5.41) is 2.87. The molecule has 2 rings (SSSR count). The minimum atomic E-state index is -3.26. The van der Waals surface area contributed by atoms with Crippen molar-refractivity contribution in [2.45, 2.75) is 17.9 Å². The lowest BCUT2D eigenvalue weighted by atomic mass is 10.1. The van der Waals surface area contributed by atoms with Gasteiger partial charge < -0.3 is 19.5 Å². The van der Waals surface area contributed by atoms with Gasteiger partial charge in [-0.2, -0.15) is 0 Å². The fourth-order valence-corrected chi connectivity index (χ4v) is 3.21. The van der Waals surface area contributed by atoms with E-state index in [1.54, 1.807) is 24.3 Å². The fourth-order valence-electron chi connectivity index (χ4n) is 2.58. The van der Waals surface area contributed by atoms with Crippen LogP contribution in [0, 0.1) is 0 Å². The highest BCUT2D eigenvalue weighted by Crippen LogP contribution is 2.38. The number of sulfone groups is 1. The molecule has 0 aliphatic heterocycles. The van der Waals surface area contributed by atoms with Crippen LogP contribution in [0.4, 0.5) is 0 Å². The van der Waals surface area contributed by atoms with Crippen molar-refractivity contribution in [3.63, 3.8) is 0 Å². The van der Waals surface area contributed by atoms with Gasteiger partial charge in [0.25, 0.3) is 5.91 Å². The Labute approximate surface area is 159 Å². The van der Waals surface area contributed by atoms with Crippen LogP contribution >= 0.6 is 0 Å². The SMILES string of the molecule is COc1cc(C(=O)N[C@@H](C)c2ccc(S(C)(=O)=O)cc2)cc(OC)c1OC. The molecule has 1 amide bonds. The second-order valence-electron chi connectivity index (χ2n) is 5.95. The summed E-state index contributed by atoms with van der Waals surface area (Å²) in [5.74, 6) is 0.842. The Bertz CT molecular complexity index is 897. The highest BCUT2D eigenvalue weighted by Gasteiger charge is 2.19. The molecular weight excluding hydrogens is 370 g/mol. The molecule has 8 heteroatoms. The number of amides is 1. The zero-order valence-corrected chi connectivity index (χ0v) is 16.7. The third kappa shape index (κ3) is 4.71. The number of carbonyl (C=O) groups is 1. The summed E-state index contributed by atoms with van der Waals surface area (Å²) in [6, 6.07) is 9.20. The third-order valence-electron chi connectivity index (χ3n) is 4.08. The van der Waals surface area contributed by atoms with Crippen LogP contribution < -0.4 is 19.5 Å². The summed E-state index contributed by atoms with van der Waals surface area (Å²) in [6.45, 7) is 1.81. The standard InChI is InChI=1S/C19H23NO6S/c1-12(13-6-8-15(9-7-13)27(5,22)23)20-19(21)14-10-16(24-2)18(26-4)17(11-14)25-3/h6-12H,1-5H3,(H,20,21)/t12-/m0/s1. The Kier molecular flexibility index (Phi) is 6.32. The van der Waals surface area contributed by atoms with E-state index >= 15 is 0 Å². The van der Waals surface area contributed by atoms with E-state index in [9.17, 15) is 13.2 Å². The molecule has 2 aromatic carbocycles. The first-order valence-corrected chi connectivity index (χ1v) is 10.0. The van der Waals surface area contributed by atoms with E-state index in [1.807, 2.05) is 6.92 Å². The molecule has 0 saturated carbocycles. The van der Waals surface area contributed by atoms with E-state index in [1.165, 1.54) is 33.5 Å². The lowest BCUT2D eigenvalue weighted by molar-refractivity contribution is 0.0939. The number of hydrogen-bond acceptors (Lipinski definition) is 6. The van der Waals surface area contributed by atoms with E-state index in [-0.39, 0.29) is 16.8 Å². The number of ether oxygens (including phenoxy) is 3. The Morgan fingerprint density at radius 3 is 1.89 bits per heavy atom. The van der Waals surface area contributed by atoms with Gasteiger partial charge in [-0.15, -0.1) is 0 Å². The molecule has 0 aliphatic rings. The van der Waals surface area contributed by atoms with E-state index in [2.05, 4.69) is 5.32 Å². The van der Waals surface area contributed by atoms with E-state index < -0.39 is 9.84 Å². The maximum atomic E-state index is 12.6. The zero-order valence-electron chi connectivity index (χ0n) is 15.9. The summed E-state index contributed by atoms with van der Waals surface area (Å²) in [5.41, 5.74) is 1.13. The van der Waals surface area contributed by atoms with Crippen molar-refractivity contribution in [2.24, 2.45) is 0 Å². The van der Waals surface area contributed by atoms with Gasteiger partial charge in [0.05, 0.1) is 32.3 Å². The first kappa shape index (κ1) is 20.6. The van der Waals surface area contributed by atoms with E-state index in [0.717, 1.165) is 11.8 Å². The van der Waals surface area contributed by atoms with Gasteiger partial charge in [0.1, 0.15) is 0 Å². The minimum absolute atomic E-state index is 0.231. The van der Waals surface area contributed by atoms with Crippen molar-refractivity contribution in [1.82, 2.24) is 5.32 Å². The predicted octanol–water partition coefficient (Wildman–Crippen LogP) is 2.61. The van der Waals surface area contributed by atoms with Gasteiger partial charge in [0.2, 0.25) is 5.75 Å². The smallest absolute Gasteiger partial charge is 0.252 e. The van der Waals surface area contributed by atoms with Crippen LogP contribution in [0.3, 0.4) is 0 Å². The third-order valence-corrected chi connectivity index (χ3v) is 5.21. The van der Waals surface area contributed by atoms with Crippen LogP contribution in [-0.2, 0) is 9.84 Å². The summed E-state index contributed by atoms with van der Waals surface area (Å²) in [4.78, 5) is 12.9. The average molecular weight is 393 g/mol. The zero-order chi connectivity index (χ0) is 20.2. The Morgan fingerprint density at radius 1 is 0.963 bits per heavy atom. The van der Waals surface area contributed by atoms with Gasteiger partial charge in [-0.05, 0) is 36.8 Å². The second-order valence-corrected chi connectivity index (χ2v) is 7.97. The highest BCUT2D eigenvalue weighted by atomic mass is 32.2. The lowest BCUT2D eigenvalue weighted by Gasteiger charge is -2.17. The molecule has 1 N–H and O–H groups in total. The van der Waals surface area contributed by atoms with Crippen molar-refractivity contribution in [3.8, 4) is 17.2 Å². The van der Waals surface area contributed by atoms with Crippen LogP contribution in [0.1, 0.15) is 28.9 Å². The number of carbonyl (C=O) groups excluding carboxylic acids is 1. The molecule has 7 nitrogen and oxygen atoms in total. The quantitative estimate of drug-likeness (QED) is 0.778. The monoisotopic (exact) mass is 393 g/mol. The second kappa shape index (κ2) is 8.30. The molecule has 0 bridgehead atoms. The fraction of sp³-hybridized carbons (Fsp3) is 0.316. The maximum absolute atomic E-state index is 12.6. The van der Waals surface area contributed by atoms with Crippen LogP contribution in [0.2, 0.25) is 0 Å². The number of rotatable bonds is 7. The average Bonchev–Trinajstić information content (AvgIpc) is 2.65. The molecule has 0 saturated heterocycles. The first-order valence-electron chi connectivity index (χ1n) is 8.12. The van der Waals surface area contributed by atoms with Gasteiger partial charge in [-0.3, -0.25) is 4.79 Å². The molecule has 2 aromatic rings. The highest BCUT2D eigenvalue weighted by molar-refractivity contribution is 7.90. The van der Waals surface area contributed by atoms with Gasteiger partial charge >= 0.3 is 0 Å². The molecule has 1 atom stereocenters. The Morgan fingerprint density at radius 2 is 1.48 bits per heavy atom. The molecule has 27 heavy (non-hydrogen) atoms. The molecule has 0 radical (unpaired) electrons. The molecule has 0 heterocycles. The summed E-state index contributed by atoms with van der Waals surface area (Å²) < 4.78 is 38.9. The molecule has 0 unspecified atom stereocenters. The van der Waals surface area contributed by atoms with Crippen molar-refractivity contribution in [2.75, 3.05) is 27.6 Å². The van der Waals surface area contributed by atoms with Gasteiger partial charge in [0.15, 0.2) is 21.3 Å². The van der Waals surface area contributed by atoms with Gasteiger partial charge in [0, 0.05) is 11.8 Å².